The van der Waals surface area contributed by atoms with Crippen LogP contribution in [-0.4, -0.2) is 39.9 Å². The van der Waals surface area contributed by atoms with E-state index in [9.17, 15) is 0 Å². The molecule has 209 valence electrons. The molecule has 0 amide bonds. The molecule has 0 fully saturated rings. The van der Waals surface area contributed by atoms with E-state index in [2.05, 4.69) is 42.0 Å². The monoisotopic (exact) mass is 569 g/mol. The smallest absolute Gasteiger partial charge is 0.164 e. The van der Waals surface area contributed by atoms with Gasteiger partial charge in [0.2, 0.25) is 0 Å². The van der Waals surface area contributed by atoms with Crippen molar-refractivity contribution in [3.63, 3.8) is 0 Å². The number of benzene rings is 4. The van der Waals surface area contributed by atoms with Crippen molar-refractivity contribution >= 4 is 44.1 Å². The summed E-state index contributed by atoms with van der Waals surface area (Å²) in [4.78, 5) is 37.4. The summed E-state index contributed by atoms with van der Waals surface area (Å²) in [5, 5.41) is 3.93. The average molecular weight is 570 g/mol. The molecule has 2 aliphatic heterocycles. The predicted octanol–water partition coefficient (Wildman–Crippen LogP) is 8.03. The van der Waals surface area contributed by atoms with Gasteiger partial charge in [0.1, 0.15) is 22.6 Å². The van der Waals surface area contributed by atoms with Crippen LogP contribution in [-0.2, 0) is 6.42 Å². The second-order valence-electron chi connectivity index (χ2n) is 11.5. The Labute approximate surface area is 252 Å². The van der Waals surface area contributed by atoms with E-state index in [1.165, 1.54) is 11.5 Å². The van der Waals surface area contributed by atoms with Gasteiger partial charge in [-0.2, -0.15) is 0 Å². The Morgan fingerprint density at radius 1 is 0.455 bits per heavy atom. The molecule has 8 nitrogen and oxygen atoms in total. The highest BCUT2D eigenvalue weighted by atomic mass is 15.1. The summed E-state index contributed by atoms with van der Waals surface area (Å²) in [5.74, 6) is 3.72. The Hall–Kier alpha value is -5.76. The fraction of sp³-hybridized carbons (Fsp3) is 0.0833. The van der Waals surface area contributed by atoms with E-state index in [-0.39, 0.29) is 0 Å². The Bertz CT molecular complexity index is 2460. The van der Waals surface area contributed by atoms with E-state index < -0.39 is 0 Å². The minimum atomic E-state index is 0.599. The fourth-order valence-electron chi connectivity index (χ4n) is 6.29. The fourth-order valence-corrected chi connectivity index (χ4v) is 6.29. The number of hydrogen-bond acceptors (Lipinski definition) is 6. The maximum Gasteiger partial charge on any atom is 0.164 e. The number of rotatable bonds is 2. The molecular weight excluding hydrogens is 544 g/mol. The minimum Gasteiger partial charge on any atom is -0.324 e. The van der Waals surface area contributed by atoms with Crippen LogP contribution in [0.5, 0.6) is 0 Å². The first kappa shape index (κ1) is 24.8. The summed E-state index contributed by atoms with van der Waals surface area (Å²) in [5.41, 5.74) is 7.68. The molecular formula is C36H25N8. The zero-order valence-corrected chi connectivity index (χ0v) is 24.1. The number of hydrogen-bond donors (Lipinski definition) is 2. The number of aromatic amines is 2. The molecule has 0 unspecified atom stereocenters. The molecule has 9 rings (SSSR count). The summed E-state index contributed by atoms with van der Waals surface area (Å²) in [6.45, 7) is 4.30. The molecule has 0 atom stereocenters. The Morgan fingerprint density at radius 2 is 0.864 bits per heavy atom. The molecule has 4 aromatic carbocycles. The highest BCUT2D eigenvalue weighted by Gasteiger charge is 2.22. The van der Waals surface area contributed by atoms with Gasteiger partial charge in [0.05, 0.1) is 0 Å². The molecule has 8 heteroatoms. The third-order valence-electron chi connectivity index (χ3n) is 8.21. The standard InChI is InChI=1S/C36H25N8/c1-19(2)18-20-10-9-17-27-28(20)36-43-34-26-16-8-7-15-25(26)32(41-34)39-30-22-12-4-3-11-21(22)29(37-30)38-31-23-13-5-6-14-24(23)33(40-31)42-35(27)44-36/h3-17H,18H2,1-2H3,(H2,37,38,39,40,41,42,43,44). The molecule has 3 aromatic heterocycles. The van der Waals surface area contributed by atoms with Crippen molar-refractivity contribution in [3.05, 3.63) is 102 Å². The van der Waals surface area contributed by atoms with E-state index in [4.69, 9.17) is 29.9 Å². The van der Waals surface area contributed by atoms with E-state index in [1.54, 1.807) is 0 Å². The van der Waals surface area contributed by atoms with Gasteiger partial charge in [0.25, 0.3) is 0 Å². The van der Waals surface area contributed by atoms with Gasteiger partial charge in [-0.3, -0.25) is 0 Å². The first-order valence-corrected chi connectivity index (χ1v) is 14.6. The largest absolute Gasteiger partial charge is 0.324 e. The van der Waals surface area contributed by atoms with Crippen molar-refractivity contribution in [2.45, 2.75) is 20.3 Å². The number of nitrogens with one attached hydrogen (secondary N) is 2. The van der Waals surface area contributed by atoms with Gasteiger partial charge in [-0.15, -0.1) is 0 Å². The van der Waals surface area contributed by atoms with Crippen molar-refractivity contribution in [1.29, 1.82) is 0 Å². The Balaban J connectivity index is 1.50. The second-order valence-corrected chi connectivity index (χ2v) is 11.5. The molecule has 1 radical (unpaired) electrons. The minimum absolute atomic E-state index is 0.599. The van der Waals surface area contributed by atoms with Crippen LogP contribution in [0.1, 0.15) is 19.4 Å². The highest BCUT2D eigenvalue weighted by molar-refractivity contribution is 6.07. The zero-order chi connectivity index (χ0) is 29.4. The lowest BCUT2D eigenvalue weighted by molar-refractivity contribution is 0.965. The van der Waals surface area contributed by atoms with Crippen molar-refractivity contribution < 1.29 is 0 Å². The van der Waals surface area contributed by atoms with Gasteiger partial charge < -0.3 is 9.97 Å². The van der Waals surface area contributed by atoms with Gasteiger partial charge in [0.15, 0.2) is 23.3 Å². The lowest BCUT2D eigenvalue weighted by atomic mass is 9.99. The summed E-state index contributed by atoms with van der Waals surface area (Å²) in [7, 11) is 0. The van der Waals surface area contributed by atoms with Crippen LogP contribution in [0.4, 0.5) is 0 Å². The molecule has 7 aromatic rings. The van der Waals surface area contributed by atoms with Gasteiger partial charge >= 0.3 is 0 Å². The van der Waals surface area contributed by atoms with E-state index in [1.807, 2.05) is 72.8 Å². The molecule has 8 bridgehead atoms. The number of H-pyrrole nitrogens is 2. The van der Waals surface area contributed by atoms with Crippen LogP contribution in [0.25, 0.3) is 89.7 Å². The quantitative estimate of drug-likeness (QED) is 0.218. The summed E-state index contributed by atoms with van der Waals surface area (Å²) in [6, 6.07) is 30.6. The lowest BCUT2D eigenvalue weighted by Crippen LogP contribution is -1.93. The summed E-state index contributed by atoms with van der Waals surface area (Å²) < 4.78 is 0. The van der Waals surface area contributed by atoms with Crippen LogP contribution < -0.4 is 0 Å². The number of nitrogens with zero attached hydrogens (tertiary/aromatic N) is 6. The first-order chi connectivity index (χ1) is 21.6. The maximum absolute atomic E-state index is 5.17. The van der Waals surface area contributed by atoms with Crippen molar-refractivity contribution in [1.82, 2.24) is 39.9 Å². The van der Waals surface area contributed by atoms with Crippen LogP contribution >= 0.6 is 0 Å². The second kappa shape index (κ2) is 9.37. The van der Waals surface area contributed by atoms with E-state index >= 15 is 0 Å². The van der Waals surface area contributed by atoms with Gasteiger partial charge in [0, 0.05) is 43.8 Å². The topological polar surface area (TPSA) is 109 Å². The predicted molar refractivity (Wildman–Crippen MR) is 174 cm³/mol. The molecule has 44 heavy (non-hydrogen) atoms. The molecule has 0 aliphatic carbocycles. The molecule has 0 saturated heterocycles. The number of aromatic nitrogens is 8. The third kappa shape index (κ3) is 3.77. The van der Waals surface area contributed by atoms with Gasteiger partial charge in [-0.05, 0) is 17.9 Å². The maximum atomic E-state index is 5.17. The van der Waals surface area contributed by atoms with Crippen LogP contribution in [0.15, 0.2) is 91.0 Å². The van der Waals surface area contributed by atoms with Crippen molar-refractivity contribution in [2.75, 3.05) is 0 Å². The van der Waals surface area contributed by atoms with Crippen LogP contribution in [0.3, 0.4) is 0 Å². The van der Waals surface area contributed by atoms with Crippen LogP contribution in [0, 0.1) is 5.92 Å². The van der Waals surface area contributed by atoms with Crippen molar-refractivity contribution in [2.24, 2.45) is 0 Å². The molecule has 0 saturated carbocycles. The lowest BCUT2D eigenvalue weighted by Gasteiger charge is -2.06. The summed E-state index contributed by atoms with van der Waals surface area (Å²) in [6.07, 6.45) is 0.829. The first-order valence-electron chi connectivity index (χ1n) is 14.6. The molecule has 0 spiro atoms. The Kier molecular flexibility index (Phi) is 5.28. The van der Waals surface area contributed by atoms with Crippen molar-refractivity contribution in [3.8, 4) is 45.6 Å². The van der Waals surface area contributed by atoms with E-state index in [0.717, 1.165) is 50.2 Å². The summed E-state index contributed by atoms with van der Waals surface area (Å²) >= 11 is 0. The average Bonchev–Trinajstić information content (AvgIpc) is 3.77. The highest BCUT2D eigenvalue weighted by Crippen LogP contribution is 2.37. The van der Waals surface area contributed by atoms with Gasteiger partial charge in [-0.1, -0.05) is 105 Å². The van der Waals surface area contributed by atoms with Crippen LogP contribution in [0.2, 0.25) is 0 Å². The molecule has 2 N–H and O–H groups in total. The normalized spacial score (nSPS) is 12.2. The SMILES string of the molecule is C[C](C)Cc1cccc2c3nc4nc(nc5[nH]c(nc6nc(nc([nH]3)c12)-c1ccccc1-6)c1ccccc51)-c1ccccc1-4. The molecule has 2 aliphatic rings. The zero-order valence-electron chi connectivity index (χ0n) is 24.1. The van der Waals surface area contributed by atoms with E-state index in [0.29, 0.717) is 45.9 Å². The van der Waals surface area contributed by atoms with Gasteiger partial charge in [-0.25, -0.2) is 29.9 Å². The number of fused-ring (bicyclic) bond motifs is 20. The Morgan fingerprint density at radius 3 is 1.36 bits per heavy atom. The molecule has 5 heterocycles. The third-order valence-corrected chi connectivity index (χ3v) is 8.21.